The summed E-state index contributed by atoms with van der Waals surface area (Å²) in [5.41, 5.74) is 3.49. The lowest BCUT2D eigenvalue weighted by Gasteiger charge is -2.44. The Morgan fingerprint density at radius 2 is 1.18 bits per heavy atom. The minimum atomic E-state index is -8.60. The minimum Gasteiger partial charge on any atom is -0.481 e. The fourth-order valence-corrected chi connectivity index (χ4v) is 2.83. The minimum absolute atomic E-state index is 1.36. The number of rotatable bonds is 14. The smallest absolute Gasteiger partial charge is 0.477 e. The maximum Gasteiger partial charge on any atom is 0.477 e. The van der Waals surface area contributed by atoms with Gasteiger partial charge in [-0.1, -0.05) is 0 Å². The Morgan fingerprint density at radius 1 is 0.789 bits per heavy atom. The van der Waals surface area contributed by atoms with Crippen molar-refractivity contribution in [3.05, 3.63) is 0 Å². The topological polar surface area (TPSA) is 119 Å². The van der Waals surface area contributed by atoms with Gasteiger partial charge in [0.2, 0.25) is 0 Å². The number of phosphoric ester groups is 1. The fraction of sp³-hybridized carbons (Fsp3) is 0.923. The van der Waals surface area contributed by atoms with Crippen molar-refractivity contribution in [1.29, 1.82) is 0 Å². The highest BCUT2D eigenvalue weighted by atomic mass is 31.2. The van der Waals surface area contributed by atoms with Crippen molar-refractivity contribution in [2.45, 2.75) is 66.7 Å². The molecular weight excluding hydrogens is 620 g/mol. The van der Waals surface area contributed by atoms with Crippen LogP contribution in [0.1, 0.15) is 12.8 Å². The summed E-state index contributed by atoms with van der Waals surface area (Å²) in [4.78, 5) is 19.0. The SMILES string of the molecule is NC(F)(C(F)(F)OP(=O)(O)OCCC(=O)O)C(F)(F)C(F)(F)C(F)(F)C(F)(F)C(F)(F)C(F)CC(F)(F)F. The van der Waals surface area contributed by atoms with Crippen LogP contribution < -0.4 is 5.73 Å². The van der Waals surface area contributed by atoms with E-state index in [1.807, 2.05) is 0 Å². The largest absolute Gasteiger partial charge is 0.481 e. The molecule has 0 aromatic heterocycles. The Hall–Kier alpha value is -1.65. The van der Waals surface area contributed by atoms with Crippen LogP contribution >= 0.6 is 7.82 Å². The van der Waals surface area contributed by atoms with Gasteiger partial charge in [0.15, 0.2) is 6.17 Å². The Balaban J connectivity index is 6.51. The number of carboxylic acids is 1. The van der Waals surface area contributed by atoms with Gasteiger partial charge in [-0.15, -0.1) is 0 Å². The summed E-state index contributed by atoms with van der Waals surface area (Å²) in [6, 6.07) is 0. The maximum atomic E-state index is 14.0. The van der Waals surface area contributed by atoms with Crippen molar-refractivity contribution >= 4 is 13.8 Å². The second kappa shape index (κ2) is 10.4. The summed E-state index contributed by atoms with van der Waals surface area (Å²) in [7, 11) is -6.74. The van der Waals surface area contributed by atoms with Gasteiger partial charge in [-0.3, -0.25) is 15.1 Å². The van der Waals surface area contributed by atoms with E-state index in [0.29, 0.717) is 0 Å². The zero-order valence-corrected chi connectivity index (χ0v) is 18.1. The number of carbonyl (C=O) groups is 1. The molecule has 0 aliphatic heterocycles. The molecule has 0 radical (unpaired) electrons. The van der Waals surface area contributed by atoms with Crippen LogP contribution in [-0.2, 0) is 18.4 Å². The molecule has 0 aliphatic carbocycles. The van der Waals surface area contributed by atoms with Crippen LogP contribution in [0.2, 0.25) is 0 Å². The van der Waals surface area contributed by atoms with Crippen LogP contribution in [0.25, 0.3) is 0 Å². The molecular formula is C13H11F17NO6P. The predicted molar refractivity (Wildman–Crippen MR) is 82.4 cm³/mol. The molecule has 7 nitrogen and oxygen atoms in total. The number of alkyl halides is 17. The first kappa shape index (κ1) is 36.4. The Kier molecular flexibility index (Phi) is 9.94. The van der Waals surface area contributed by atoms with E-state index in [-0.39, 0.29) is 0 Å². The molecule has 0 aliphatic rings. The monoisotopic (exact) mass is 631 g/mol. The Morgan fingerprint density at radius 3 is 1.55 bits per heavy atom. The average molecular weight is 631 g/mol. The summed E-state index contributed by atoms with van der Waals surface area (Å²) >= 11 is 0. The van der Waals surface area contributed by atoms with Crippen molar-refractivity contribution in [2.24, 2.45) is 5.73 Å². The molecule has 25 heteroatoms. The zero-order valence-electron chi connectivity index (χ0n) is 17.2. The highest BCUT2D eigenvalue weighted by molar-refractivity contribution is 7.47. The van der Waals surface area contributed by atoms with Crippen LogP contribution in [-0.4, -0.2) is 76.4 Å². The van der Waals surface area contributed by atoms with E-state index in [1.54, 1.807) is 0 Å². The lowest BCUT2D eigenvalue weighted by molar-refractivity contribution is -0.441. The standard InChI is InChI=1S/C13H11F17NO6P/c14-4(3-6(15,16)17)7(18,19)8(20,21)9(22,23)10(24,25)11(26,27)12(28,31)13(29,30)37-38(34,35)36-2-1-5(32)33/h4H,1-3,31H2,(H,32,33)(H,34,35). The summed E-state index contributed by atoms with van der Waals surface area (Å²) in [6.45, 7) is -1.64. The van der Waals surface area contributed by atoms with E-state index < -0.39 is 87.1 Å². The van der Waals surface area contributed by atoms with E-state index in [2.05, 4.69) is 14.8 Å². The van der Waals surface area contributed by atoms with E-state index in [4.69, 9.17) is 10.00 Å². The third kappa shape index (κ3) is 6.55. The number of nitrogens with two attached hydrogens (primary N) is 1. The second-order valence-electron chi connectivity index (χ2n) is 6.97. The molecule has 0 bridgehead atoms. The van der Waals surface area contributed by atoms with Gasteiger partial charge in [-0.05, 0) is 0 Å². The number of aliphatic carboxylic acids is 1. The average Bonchev–Trinajstić information content (AvgIpc) is 2.64. The van der Waals surface area contributed by atoms with E-state index in [1.165, 1.54) is 0 Å². The van der Waals surface area contributed by atoms with E-state index in [0.717, 1.165) is 0 Å². The number of phosphoric acid groups is 1. The van der Waals surface area contributed by atoms with Gasteiger partial charge in [-0.25, -0.2) is 17.9 Å². The highest BCUT2D eigenvalue weighted by Crippen LogP contribution is 2.63. The molecule has 0 amide bonds. The first-order valence-electron chi connectivity index (χ1n) is 8.60. The predicted octanol–water partition coefficient (Wildman–Crippen LogP) is 5.28. The van der Waals surface area contributed by atoms with Gasteiger partial charge >= 0.3 is 61.5 Å². The third-order valence-electron chi connectivity index (χ3n) is 4.09. The zero-order chi connectivity index (χ0) is 31.2. The molecule has 0 aromatic rings. The van der Waals surface area contributed by atoms with E-state index in [9.17, 15) is 84.0 Å². The number of carboxylic acid groups (broad SMARTS) is 1. The molecule has 0 rings (SSSR count). The fourth-order valence-electron chi connectivity index (χ4n) is 2.03. The molecule has 0 saturated carbocycles. The van der Waals surface area contributed by atoms with Crippen molar-refractivity contribution in [3.8, 4) is 0 Å². The summed E-state index contributed by atoms with van der Waals surface area (Å²) in [5, 5.41) is 8.19. The molecule has 3 unspecified atom stereocenters. The van der Waals surface area contributed by atoms with Crippen LogP contribution in [0.4, 0.5) is 74.6 Å². The number of halogens is 17. The van der Waals surface area contributed by atoms with Crippen molar-refractivity contribution in [3.63, 3.8) is 0 Å². The second-order valence-corrected chi connectivity index (χ2v) is 8.35. The van der Waals surface area contributed by atoms with Crippen LogP contribution in [0.15, 0.2) is 0 Å². The molecule has 0 fully saturated rings. The summed E-state index contributed by atoms with van der Waals surface area (Å²) < 4.78 is 244. The first-order valence-corrected chi connectivity index (χ1v) is 10.1. The van der Waals surface area contributed by atoms with Gasteiger partial charge < -0.3 is 10.00 Å². The Labute approximate surface area is 197 Å². The summed E-state index contributed by atoms with van der Waals surface area (Å²) in [5.74, 6) is -50.7. The van der Waals surface area contributed by atoms with Crippen LogP contribution in [0.5, 0.6) is 0 Å². The highest BCUT2D eigenvalue weighted by Gasteiger charge is 2.92. The molecule has 228 valence electrons. The van der Waals surface area contributed by atoms with Gasteiger partial charge in [0.05, 0.1) is 19.4 Å². The molecule has 0 heterocycles. The molecule has 3 atom stereocenters. The lowest BCUT2D eigenvalue weighted by atomic mass is 9.88. The van der Waals surface area contributed by atoms with Crippen LogP contribution in [0, 0.1) is 0 Å². The van der Waals surface area contributed by atoms with Gasteiger partial charge in [0.1, 0.15) is 0 Å². The Bertz CT molecular complexity index is 907. The van der Waals surface area contributed by atoms with Gasteiger partial charge in [0.25, 0.3) is 0 Å². The summed E-state index contributed by atoms with van der Waals surface area (Å²) in [6.07, 6.45) is -24.1. The maximum absolute atomic E-state index is 14.0. The molecule has 0 spiro atoms. The number of hydrogen-bond acceptors (Lipinski definition) is 5. The van der Waals surface area contributed by atoms with Crippen molar-refractivity contribution in [2.75, 3.05) is 6.61 Å². The molecule has 38 heavy (non-hydrogen) atoms. The lowest BCUT2D eigenvalue weighted by Crippen LogP contribution is -2.77. The van der Waals surface area contributed by atoms with Crippen LogP contribution in [0.3, 0.4) is 0 Å². The van der Waals surface area contributed by atoms with Gasteiger partial charge in [0, 0.05) is 0 Å². The molecule has 0 saturated heterocycles. The quantitative estimate of drug-likeness (QED) is 0.136. The van der Waals surface area contributed by atoms with Crippen molar-refractivity contribution < 1.29 is 103 Å². The number of hydrogen-bond donors (Lipinski definition) is 3. The van der Waals surface area contributed by atoms with Gasteiger partial charge in [-0.2, -0.15) is 65.9 Å². The van der Waals surface area contributed by atoms with E-state index >= 15 is 0 Å². The first-order chi connectivity index (χ1) is 16.3. The third-order valence-corrected chi connectivity index (χ3v) is 5.06. The molecule has 0 aromatic carbocycles. The normalized spacial score (nSPS) is 19.0. The molecule has 4 N–H and O–H groups in total. The van der Waals surface area contributed by atoms with Crippen molar-refractivity contribution in [1.82, 2.24) is 0 Å².